The van der Waals surface area contributed by atoms with E-state index in [9.17, 15) is 4.79 Å². The monoisotopic (exact) mass is 332 g/mol. The molecule has 0 radical (unpaired) electrons. The van der Waals surface area contributed by atoms with Gasteiger partial charge < -0.3 is 10.6 Å². The fourth-order valence-electron chi connectivity index (χ4n) is 1.94. The van der Waals surface area contributed by atoms with Crippen molar-refractivity contribution in [3.8, 4) is 0 Å². The molecule has 0 aliphatic rings. The van der Waals surface area contributed by atoms with E-state index in [-0.39, 0.29) is 11.4 Å². The highest BCUT2D eigenvalue weighted by molar-refractivity contribution is 6.30. The van der Waals surface area contributed by atoms with Gasteiger partial charge in [-0.25, -0.2) is 0 Å². The number of nitrogens with zero attached hydrogens (tertiary/aromatic N) is 2. The number of amides is 1. The highest BCUT2D eigenvalue weighted by Gasteiger charge is 2.16. The van der Waals surface area contributed by atoms with Gasteiger partial charge in [0.15, 0.2) is 5.69 Å². The van der Waals surface area contributed by atoms with Crippen LogP contribution >= 0.6 is 11.6 Å². The molecule has 1 heterocycles. The Labute approximate surface area is 141 Å². The fraction of sp³-hybridized carbons (Fsp3) is 0.353. The van der Waals surface area contributed by atoms with Crippen molar-refractivity contribution >= 4 is 23.3 Å². The molecule has 0 unspecified atom stereocenters. The van der Waals surface area contributed by atoms with Crippen LogP contribution in [0.15, 0.2) is 36.4 Å². The van der Waals surface area contributed by atoms with Crippen molar-refractivity contribution in [1.82, 2.24) is 15.5 Å². The van der Waals surface area contributed by atoms with Crippen molar-refractivity contribution in [3.63, 3.8) is 0 Å². The second-order valence-corrected chi connectivity index (χ2v) is 6.75. The predicted molar refractivity (Wildman–Crippen MR) is 92.9 cm³/mol. The Hall–Kier alpha value is -2.14. The molecular formula is C17H21ClN4O. The van der Waals surface area contributed by atoms with Gasteiger partial charge >= 0.3 is 0 Å². The van der Waals surface area contributed by atoms with E-state index in [0.29, 0.717) is 11.5 Å². The van der Waals surface area contributed by atoms with Gasteiger partial charge in [0.05, 0.1) is 0 Å². The van der Waals surface area contributed by atoms with Crippen LogP contribution in [-0.2, 0) is 6.42 Å². The third-order valence-electron chi connectivity index (χ3n) is 3.02. The summed E-state index contributed by atoms with van der Waals surface area (Å²) in [6.07, 6.45) is 0.852. The summed E-state index contributed by atoms with van der Waals surface area (Å²) in [5.74, 6) is 0.420. The molecule has 0 saturated carbocycles. The van der Waals surface area contributed by atoms with Crippen LogP contribution in [-0.4, -0.2) is 28.2 Å². The standard InChI is InChI=1S/C17H21ClN4O/c1-17(2,3)20-16(23)14-8-9-15(22-21-14)19-11-10-12-4-6-13(18)7-5-12/h4-9H,10-11H2,1-3H3,(H,19,22)(H,20,23). The molecule has 0 saturated heterocycles. The number of carbonyl (C=O) groups is 1. The summed E-state index contributed by atoms with van der Waals surface area (Å²) < 4.78 is 0. The molecule has 0 spiro atoms. The highest BCUT2D eigenvalue weighted by atomic mass is 35.5. The van der Waals surface area contributed by atoms with Crippen molar-refractivity contribution in [3.05, 3.63) is 52.7 Å². The smallest absolute Gasteiger partial charge is 0.272 e. The first-order valence-corrected chi connectivity index (χ1v) is 7.86. The third-order valence-corrected chi connectivity index (χ3v) is 3.27. The summed E-state index contributed by atoms with van der Waals surface area (Å²) in [4.78, 5) is 12.0. The summed E-state index contributed by atoms with van der Waals surface area (Å²) in [6.45, 7) is 6.49. The van der Waals surface area contributed by atoms with Crippen molar-refractivity contribution in [2.45, 2.75) is 32.7 Å². The maximum atomic E-state index is 12.0. The third kappa shape index (κ3) is 5.87. The Morgan fingerprint density at radius 2 is 1.78 bits per heavy atom. The van der Waals surface area contributed by atoms with Crippen LogP contribution in [0.1, 0.15) is 36.8 Å². The Morgan fingerprint density at radius 3 is 2.35 bits per heavy atom. The minimum Gasteiger partial charge on any atom is -0.368 e. The van der Waals surface area contributed by atoms with Crippen LogP contribution in [0.25, 0.3) is 0 Å². The van der Waals surface area contributed by atoms with Crippen molar-refractivity contribution in [1.29, 1.82) is 0 Å². The first kappa shape index (κ1) is 17.2. The average molecular weight is 333 g/mol. The molecule has 1 amide bonds. The van der Waals surface area contributed by atoms with Crippen molar-refractivity contribution < 1.29 is 4.79 Å². The summed E-state index contributed by atoms with van der Waals surface area (Å²) in [7, 11) is 0. The number of aromatic nitrogens is 2. The van der Waals surface area contributed by atoms with Gasteiger partial charge in [-0.1, -0.05) is 23.7 Å². The number of carbonyl (C=O) groups excluding carboxylic acids is 1. The minimum absolute atomic E-state index is 0.224. The maximum absolute atomic E-state index is 12.0. The fourth-order valence-corrected chi connectivity index (χ4v) is 2.06. The SMILES string of the molecule is CC(C)(C)NC(=O)c1ccc(NCCc2ccc(Cl)cc2)nn1. The van der Waals surface area contributed by atoms with E-state index >= 15 is 0 Å². The molecule has 5 nitrogen and oxygen atoms in total. The van der Waals surface area contributed by atoms with Crippen molar-refractivity contribution in [2.75, 3.05) is 11.9 Å². The van der Waals surface area contributed by atoms with E-state index in [1.807, 2.05) is 45.0 Å². The normalized spacial score (nSPS) is 11.1. The van der Waals surface area contributed by atoms with Gasteiger partial charge in [-0.2, -0.15) is 0 Å². The molecule has 2 aromatic rings. The van der Waals surface area contributed by atoms with Crippen LogP contribution in [0.2, 0.25) is 5.02 Å². The molecule has 1 aromatic heterocycles. The van der Waals surface area contributed by atoms with Crippen LogP contribution in [0.3, 0.4) is 0 Å². The Kier molecular flexibility index (Phi) is 5.55. The van der Waals surface area contributed by atoms with Gasteiger partial charge in [0.1, 0.15) is 5.82 Å². The number of anilines is 1. The summed E-state index contributed by atoms with van der Waals surface area (Å²) in [5.41, 5.74) is 1.20. The van der Waals surface area contributed by atoms with Crippen molar-refractivity contribution in [2.24, 2.45) is 0 Å². The zero-order valence-corrected chi connectivity index (χ0v) is 14.3. The molecule has 1 aromatic carbocycles. The lowest BCUT2D eigenvalue weighted by Crippen LogP contribution is -2.41. The zero-order chi connectivity index (χ0) is 16.9. The summed E-state index contributed by atoms with van der Waals surface area (Å²) in [6, 6.07) is 11.2. The van der Waals surface area contributed by atoms with Crippen LogP contribution in [0.5, 0.6) is 0 Å². The molecule has 0 fully saturated rings. The van der Waals surface area contributed by atoms with E-state index in [4.69, 9.17) is 11.6 Å². The second kappa shape index (κ2) is 7.42. The Bertz CT molecular complexity index is 648. The molecule has 23 heavy (non-hydrogen) atoms. The topological polar surface area (TPSA) is 66.9 Å². The van der Waals surface area contributed by atoms with Gasteiger partial charge in [0.2, 0.25) is 0 Å². The Morgan fingerprint density at radius 1 is 1.09 bits per heavy atom. The lowest BCUT2D eigenvalue weighted by Gasteiger charge is -2.19. The van der Waals surface area contributed by atoms with Crippen LogP contribution < -0.4 is 10.6 Å². The number of hydrogen-bond acceptors (Lipinski definition) is 4. The van der Waals surface area contributed by atoms with E-state index < -0.39 is 0 Å². The summed E-state index contributed by atoms with van der Waals surface area (Å²) in [5, 5.41) is 14.8. The molecule has 0 bridgehead atoms. The quantitative estimate of drug-likeness (QED) is 0.881. The summed E-state index contributed by atoms with van der Waals surface area (Å²) >= 11 is 5.86. The van der Waals surface area contributed by atoms with Gasteiger partial charge in [-0.05, 0) is 57.0 Å². The molecule has 6 heteroatoms. The molecule has 0 aliphatic heterocycles. The van der Waals surface area contributed by atoms with E-state index in [1.54, 1.807) is 12.1 Å². The maximum Gasteiger partial charge on any atom is 0.272 e. The molecular weight excluding hydrogens is 312 g/mol. The van der Waals surface area contributed by atoms with Gasteiger partial charge in [-0.3, -0.25) is 4.79 Å². The predicted octanol–water partition coefficient (Wildman–Crippen LogP) is 3.31. The number of rotatable bonds is 5. The number of hydrogen-bond donors (Lipinski definition) is 2. The average Bonchev–Trinajstić information content (AvgIpc) is 2.48. The molecule has 0 aliphatic carbocycles. The molecule has 0 atom stereocenters. The van der Waals surface area contributed by atoms with E-state index in [2.05, 4.69) is 20.8 Å². The first-order chi connectivity index (χ1) is 10.8. The number of halogens is 1. The van der Waals surface area contributed by atoms with Crippen LogP contribution in [0, 0.1) is 0 Å². The first-order valence-electron chi connectivity index (χ1n) is 7.48. The van der Waals surface area contributed by atoms with E-state index in [1.165, 1.54) is 5.56 Å². The Balaban J connectivity index is 1.85. The molecule has 122 valence electrons. The zero-order valence-electron chi connectivity index (χ0n) is 13.6. The van der Waals surface area contributed by atoms with Gasteiger partial charge in [0, 0.05) is 17.1 Å². The second-order valence-electron chi connectivity index (χ2n) is 6.31. The lowest BCUT2D eigenvalue weighted by molar-refractivity contribution is 0.0913. The van der Waals surface area contributed by atoms with Gasteiger partial charge in [0.25, 0.3) is 5.91 Å². The van der Waals surface area contributed by atoms with Gasteiger partial charge in [-0.15, -0.1) is 10.2 Å². The number of benzene rings is 1. The largest absolute Gasteiger partial charge is 0.368 e. The molecule has 2 N–H and O–H groups in total. The van der Waals surface area contributed by atoms with Crippen LogP contribution in [0.4, 0.5) is 5.82 Å². The minimum atomic E-state index is -0.297. The highest BCUT2D eigenvalue weighted by Crippen LogP contribution is 2.10. The lowest BCUT2D eigenvalue weighted by atomic mass is 10.1. The number of nitrogens with one attached hydrogen (secondary N) is 2. The molecule has 2 rings (SSSR count). The van der Waals surface area contributed by atoms with E-state index in [0.717, 1.165) is 18.0 Å².